The molecule has 1 nitrogen and oxygen atoms in total. The van der Waals surface area contributed by atoms with Crippen LogP contribution in [0.15, 0.2) is 60.8 Å². The molecule has 0 aliphatic rings. The zero-order valence-corrected chi connectivity index (χ0v) is 15.9. The Morgan fingerprint density at radius 1 is 0.852 bits per heavy atom. The smallest absolute Gasteiger partial charge is 0.200 e. The number of hydrogen-bond acceptors (Lipinski definition) is 1. The standard InChI is InChI=1S/C25H22NS/c1-15-5-8-19(17(3)11-15)22-13-24-21(14-26(22)4)25-20-9-6-16(2)12-18(20)7-10-23(25)27-24/h5-14H,1-4H3/q+1/i1D3,2D3. The second-order valence-corrected chi connectivity index (χ2v) is 8.14. The van der Waals surface area contributed by atoms with Gasteiger partial charge in [-0.1, -0.05) is 47.5 Å². The molecule has 0 N–H and O–H groups in total. The first kappa shape index (κ1) is 11.2. The van der Waals surface area contributed by atoms with E-state index in [0.717, 1.165) is 47.8 Å². The first-order chi connectivity index (χ1) is 15.4. The summed E-state index contributed by atoms with van der Waals surface area (Å²) in [6.07, 6.45) is 2.11. The topological polar surface area (TPSA) is 3.88 Å². The SMILES string of the molecule is [2H]C([2H])([2H])c1ccc(-c2cc3sc4ccc5cc(C([2H])([2H])[2H])ccc5c4c3c[n+]2C)c(C)c1. The number of nitrogens with zero attached hydrogens (tertiary/aromatic N) is 1. The molecule has 0 amide bonds. The summed E-state index contributed by atoms with van der Waals surface area (Å²) >= 11 is 1.70. The van der Waals surface area contributed by atoms with Gasteiger partial charge in [0.1, 0.15) is 7.05 Å². The molecular weight excluding hydrogens is 346 g/mol. The summed E-state index contributed by atoms with van der Waals surface area (Å²) in [5, 5.41) is 4.20. The van der Waals surface area contributed by atoms with Crippen molar-refractivity contribution >= 4 is 42.3 Å². The van der Waals surface area contributed by atoms with Crippen molar-refractivity contribution in [1.82, 2.24) is 0 Å². The molecule has 3 aromatic carbocycles. The van der Waals surface area contributed by atoms with Crippen LogP contribution in [-0.4, -0.2) is 0 Å². The van der Waals surface area contributed by atoms with Crippen LogP contribution in [-0.2, 0) is 7.05 Å². The fourth-order valence-electron chi connectivity index (χ4n) is 3.91. The Balaban J connectivity index is 1.72. The predicted molar refractivity (Wildman–Crippen MR) is 118 cm³/mol. The van der Waals surface area contributed by atoms with E-state index < -0.39 is 13.7 Å². The van der Waals surface area contributed by atoms with E-state index in [2.05, 4.69) is 22.9 Å². The molecule has 2 heterocycles. The van der Waals surface area contributed by atoms with Crippen LogP contribution < -0.4 is 4.57 Å². The van der Waals surface area contributed by atoms with Crippen molar-refractivity contribution in [3.8, 4) is 11.3 Å². The minimum Gasteiger partial charge on any atom is -0.200 e. The van der Waals surface area contributed by atoms with Crippen molar-refractivity contribution in [2.24, 2.45) is 7.05 Å². The normalized spacial score (nSPS) is 15.9. The molecule has 0 saturated carbocycles. The fourth-order valence-corrected chi connectivity index (χ4v) is 5.04. The summed E-state index contributed by atoms with van der Waals surface area (Å²) in [6.45, 7) is -2.31. The van der Waals surface area contributed by atoms with E-state index in [9.17, 15) is 0 Å². The van der Waals surface area contributed by atoms with Gasteiger partial charge in [-0.3, -0.25) is 0 Å². The van der Waals surface area contributed by atoms with Crippen molar-refractivity contribution in [3.05, 3.63) is 77.5 Å². The third kappa shape index (κ3) is 2.55. The third-order valence-corrected chi connectivity index (χ3v) is 6.33. The molecular formula is C25H22NS+. The van der Waals surface area contributed by atoms with Gasteiger partial charge in [0.05, 0.1) is 5.39 Å². The largest absolute Gasteiger partial charge is 0.213 e. The number of aromatic nitrogens is 1. The highest BCUT2D eigenvalue weighted by atomic mass is 32.1. The summed E-state index contributed by atoms with van der Waals surface area (Å²) in [4.78, 5) is 0. The monoisotopic (exact) mass is 374 g/mol. The lowest BCUT2D eigenvalue weighted by molar-refractivity contribution is -0.659. The van der Waals surface area contributed by atoms with E-state index in [1.807, 2.05) is 32.2 Å². The van der Waals surface area contributed by atoms with Crippen LogP contribution in [0.4, 0.5) is 0 Å². The van der Waals surface area contributed by atoms with Gasteiger partial charge >= 0.3 is 0 Å². The molecule has 5 rings (SSSR count). The van der Waals surface area contributed by atoms with Crippen LogP contribution in [0.5, 0.6) is 0 Å². The Kier molecular flexibility index (Phi) is 2.45. The summed E-state index contributed by atoms with van der Waals surface area (Å²) < 4.78 is 50.5. The zero-order valence-electron chi connectivity index (χ0n) is 21.1. The summed E-state index contributed by atoms with van der Waals surface area (Å²) in [6, 6.07) is 16.9. The Morgan fingerprint density at radius 2 is 1.67 bits per heavy atom. The van der Waals surface area contributed by atoms with E-state index in [-0.39, 0.29) is 0 Å². The average Bonchev–Trinajstić information content (AvgIpc) is 3.09. The fraction of sp³-hybridized carbons (Fsp3) is 0.160. The van der Waals surface area contributed by atoms with Gasteiger partial charge in [0.15, 0.2) is 6.20 Å². The summed E-state index contributed by atoms with van der Waals surface area (Å²) in [5.41, 5.74) is 3.62. The molecule has 0 atom stereocenters. The lowest BCUT2D eigenvalue weighted by Crippen LogP contribution is -2.30. The molecule has 0 spiro atoms. The van der Waals surface area contributed by atoms with Crippen LogP contribution in [0.25, 0.3) is 42.2 Å². The molecule has 2 heteroatoms. The summed E-state index contributed by atoms with van der Waals surface area (Å²) in [7, 11) is 1.99. The van der Waals surface area contributed by atoms with Crippen LogP contribution in [0.1, 0.15) is 24.9 Å². The molecule has 0 fully saturated rings. The van der Waals surface area contributed by atoms with Gasteiger partial charge in [-0.2, -0.15) is 0 Å². The number of thiophene rings is 1. The second-order valence-electron chi connectivity index (χ2n) is 7.05. The van der Waals surface area contributed by atoms with E-state index in [4.69, 9.17) is 8.22 Å². The van der Waals surface area contributed by atoms with Gasteiger partial charge in [-0.25, -0.2) is 4.57 Å². The van der Waals surface area contributed by atoms with Gasteiger partial charge in [-0.05, 0) is 49.1 Å². The number of aryl methyl sites for hydroxylation is 4. The second kappa shape index (κ2) is 5.90. The number of hydrogen-bond donors (Lipinski definition) is 0. The third-order valence-electron chi connectivity index (χ3n) is 5.21. The van der Waals surface area contributed by atoms with Crippen molar-refractivity contribution in [2.45, 2.75) is 20.6 Å². The Labute approximate surface area is 171 Å². The number of rotatable bonds is 1. The quantitative estimate of drug-likeness (QED) is 0.290. The lowest BCUT2D eigenvalue weighted by Gasteiger charge is -2.06. The van der Waals surface area contributed by atoms with Gasteiger partial charge in [-0.15, -0.1) is 11.3 Å². The highest BCUT2D eigenvalue weighted by Crippen LogP contribution is 2.39. The van der Waals surface area contributed by atoms with Crippen LogP contribution in [0.3, 0.4) is 0 Å². The minimum atomic E-state index is -2.13. The molecule has 5 aromatic rings. The van der Waals surface area contributed by atoms with Crippen molar-refractivity contribution in [1.29, 1.82) is 0 Å². The maximum Gasteiger partial charge on any atom is 0.213 e. The van der Waals surface area contributed by atoms with Gasteiger partial charge in [0.2, 0.25) is 5.69 Å². The Morgan fingerprint density at radius 3 is 2.48 bits per heavy atom. The van der Waals surface area contributed by atoms with Crippen molar-refractivity contribution in [3.63, 3.8) is 0 Å². The van der Waals surface area contributed by atoms with Gasteiger partial charge in [0.25, 0.3) is 0 Å². The minimum absolute atomic E-state index is 0.345. The molecule has 0 unspecified atom stereocenters. The van der Waals surface area contributed by atoms with E-state index in [0.29, 0.717) is 11.1 Å². The highest BCUT2D eigenvalue weighted by molar-refractivity contribution is 7.26. The average molecular weight is 375 g/mol. The lowest BCUT2D eigenvalue weighted by atomic mass is 10.0. The van der Waals surface area contributed by atoms with Crippen LogP contribution in [0, 0.1) is 20.6 Å². The molecule has 0 aliphatic carbocycles. The van der Waals surface area contributed by atoms with Gasteiger partial charge in [0, 0.05) is 34.6 Å². The first-order valence-corrected chi connectivity index (χ1v) is 9.66. The maximum atomic E-state index is 7.71. The molecule has 0 bridgehead atoms. The van der Waals surface area contributed by atoms with Crippen LogP contribution in [0.2, 0.25) is 0 Å². The molecule has 2 aromatic heterocycles. The van der Waals surface area contributed by atoms with E-state index in [1.165, 1.54) is 0 Å². The molecule has 0 saturated heterocycles. The molecule has 0 aliphatic heterocycles. The molecule has 27 heavy (non-hydrogen) atoms. The summed E-state index contributed by atoms with van der Waals surface area (Å²) in [5.74, 6) is 0. The van der Waals surface area contributed by atoms with Crippen molar-refractivity contribution < 1.29 is 12.8 Å². The number of fused-ring (bicyclic) bond motifs is 5. The van der Waals surface area contributed by atoms with E-state index >= 15 is 0 Å². The highest BCUT2D eigenvalue weighted by Gasteiger charge is 2.18. The first-order valence-electron chi connectivity index (χ1n) is 11.8. The van der Waals surface area contributed by atoms with E-state index in [1.54, 1.807) is 35.6 Å². The van der Waals surface area contributed by atoms with Gasteiger partial charge < -0.3 is 0 Å². The van der Waals surface area contributed by atoms with Crippen molar-refractivity contribution in [2.75, 3.05) is 0 Å². The Bertz CT molecular complexity index is 1560. The molecule has 132 valence electrons. The predicted octanol–water partition coefficient (Wildman–Crippen LogP) is 6.62. The zero-order chi connectivity index (χ0) is 23.7. The van der Waals surface area contributed by atoms with Crippen LogP contribution >= 0.6 is 11.3 Å². The molecule has 0 radical (unpaired) electrons. The maximum absolute atomic E-state index is 7.71. The number of benzene rings is 3. The number of pyridine rings is 1. The Hall–Kier alpha value is -2.71.